The second-order valence-corrected chi connectivity index (χ2v) is 8.19. The molecule has 4 aromatic rings. The van der Waals surface area contributed by atoms with E-state index in [2.05, 4.69) is 20.9 Å². The molecule has 2 aromatic carbocycles. The maximum Gasteiger partial charge on any atom is 0.374 e. The van der Waals surface area contributed by atoms with Gasteiger partial charge in [-0.2, -0.15) is 0 Å². The number of halogens is 1. The zero-order valence-electron chi connectivity index (χ0n) is 15.8. The zero-order valence-corrected chi connectivity index (χ0v) is 18.2. The molecule has 2 aromatic heterocycles. The second-order valence-electron chi connectivity index (χ2n) is 6.34. The lowest BCUT2D eigenvalue weighted by atomic mass is 10.1. The molecule has 0 atom stereocenters. The van der Waals surface area contributed by atoms with Crippen molar-refractivity contribution in [2.24, 2.45) is 7.05 Å². The third-order valence-electron chi connectivity index (χ3n) is 4.50. The number of nitrogens with zero attached hydrogens (tertiary/aromatic N) is 2. The maximum absolute atomic E-state index is 12.6. The van der Waals surface area contributed by atoms with Crippen molar-refractivity contribution in [3.63, 3.8) is 0 Å². The first kappa shape index (κ1) is 19.7. The van der Waals surface area contributed by atoms with Gasteiger partial charge in [0.05, 0.1) is 17.5 Å². The van der Waals surface area contributed by atoms with Crippen LogP contribution in [0.3, 0.4) is 0 Å². The van der Waals surface area contributed by atoms with Crippen molar-refractivity contribution < 1.29 is 13.9 Å². The zero-order chi connectivity index (χ0) is 20.5. The van der Waals surface area contributed by atoms with E-state index < -0.39 is 5.97 Å². The number of thioether (sulfide) groups is 1. The Morgan fingerprint density at radius 2 is 2.03 bits per heavy atom. The molecule has 29 heavy (non-hydrogen) atoms. The topological polar surface area (TPSA) is 74.3 Å². The van der Waals surface area contributed by atoms with Crippen molar-refractivity contribution in [2.45, 2.75) is 17.8 Å². The summed E-state index contributed by atoms with van der Waals surface area (Å²) in [6.07, 6.45) is 0. The van der Waals surface area contributed by atoms with Gasteiger partial charge in [0.25, 0.3) is 5.56 Å². The molecule has 2 heterocycles. The lowest BCUT2D eigenvalue weighted by Crippen LogP contribution is -2.20. The summed E-state index contributed by atoms with van der Waals surface area (Å²) >= 11 is 4.84. The van der Waals surface area contributed by atoms with E-state index in [1.54, 1.807) is 26.1 Å². The number of benzene rings is 2. The average molecular weight is 473 g/mol. The van der Waals surface area contributed by atoms with Gasteiger partial charge in [-0.1, -0.05) is 39.8 Å². The first-order valence-electron chi connectivity index (χ1n) is 8.96. The van der Waals surface area contributed by atoms with Crippen LogP contribution in [0.1, 0.15) is 23.0 Å². The van der Waals surface area contributed by atoms with Crippen molar-refractivity contribution >= 4 is 55.5 Å². The number of rotatable bonds is 5. The smallest absolute Gasteiger partial charge is 0.374 e. The molecule has 0 radical (unpaired) electrons. The van der Waals surface area contributed by atoms with Gasteiger partial charge in [0.1, 0.15) is 5.58 Å². The van der Waals surface area contributed by atoms with E-state index in [-0.39, 0.29) is 17.9 Å². The van der Waals surface area contributed by atoms with E-state index in [0.717, 1.165) is 9.86 Å². The van der Waals surface area contributed by atoms with Gasteiger partial charge in [-0.05, 0) is 37.3 Å². The molecule has 0 aliphatic rings. The van der Waals surface area contributed by atoms with Crippen LogP contribution >= 0.6 is 27.7 Å². The van der Waals surface area contributed by atoms with E-state index in [1.165, 1.54) is 16.3 Å². The van der Waals surface area contributed by atoms with Crippen molar-refractivity contribution in [3.8, 4) is 0 Å². The van der Waals surface area contributed by atoms with Crippen LogP contribution in [0.2, 0.25) is 0 Å². The highest BCUT2D eigenvalue weighted by atomic mass is 79.9. The molecule has 0 amide bonds. The molecule has 0 aliphatic carbocycles. The number of hydrogen-bond acceptors (Lipinski definition) is 6. The summed E-state index contributed by atoms with van der Waals surface area (Å²) < 4.78 is 13.3. The molecule has 0 aliphatic heterocycles. The number of hydrogen-bond donors (Lipinski definition) is 0. The minimum Gasteiger partial charge on any atom is -0.460 e. The van der Waals surface area contributed by atoms with Gasteiger partial charge in [0.2, 0.25) is 5.76 Å². The van der Waals surface area contributed by atoms with Gasteiger partial charge >= 0.3 is 5.97 Å². The fourth-order valence-electron chi connectivity index (χ4n) is 3.09. The SMILES string of the molecule is CCOC(=O)c1oc2ccc(Br)cc2c1CSc1nc2ccccc2c(=O)n1C. The largest absolute Gasteiger partial charge is 0.460 e. The molecule has 0 unspecified atom stereocenters. The average Bonchev–Trinajstić information content (AvgIpc) is 3.07. The Balaban J connectivity index is 1.76. The Kier molecular flexibility index (Phi) is 5.47. The summed E-state index contributed by atoms with van der Waals surface area (Å²) in [4.78, 5) is 29.7. The summed E-state index contributed by atoms with van der Waals surface area (Å²) in [5.74, 6) is 0.0740. The molecule has 4 rings (SSSR count). The molecular formula is C21H17BrN2O4S. The second kappa shape index (κ2) is 8.04. The highest BCUT2D eigenvalue weighted by molar-refractivity contribution is 9.10. The summed E-state index contributed by atoms with van der Waals surface area (Å²) in [6, 6.07) is 12.8. The Morgan fingerprint density at radius 3 is 2.83 bits per heavy atom. The normalized spacial score (nSPS) is 11.3. The highest BCUT2D eigenvalue weighted by Crippen LogP contribution is 2.33. The van der Waals surface area contributed by atoms with Crippen LogP contribution in [-0.4, -0.2) is 22.1 Å². The third kappa shape index (κ3) is 3.70. The molecule has 0 spiro atoms. The summed E-state index contributed by atoms with van der Waals surface area (Å²) in [6.45, 7) is 2.01. The molecule has 6 nitrogen and oxygen atoms in total. The standard InChI is InChI=1S/C21H17BrN2O4S/c1-3-27-20(26)18-15(14-10-12(22)8-9-17(14)28-18)11-29-21-23-16-7-5-4-6-13(16)19(25)24(21)2/h4-10H,3,11H2,1-2H3. The third-order valence-corrected chi connectivity index (χ3v) is 6.05. The van der Waals surface area contributed by atoms with Crippen molar-refractivity contribution in [3.05, 3.63) is 68.6 Å². The van der Waals surface area contributed by atoms with Gasteiger partial charge in [-0.15, -0.1) is 0 Å². The molecule has 8 heteroatoms. The van der Waals surface area contributed by atoms with Crippen molar-refractivity contribution in [2.75, 3.05) is 6.61 Å². The fraction of sp³-hybridized carbons (Fsp3) is 0.190. The number of esters is 1. The van der Waals surface area contributed by atoms with E-state index in [9.17, 15) is 9.59 Å². The summed E-state index contributed by atoms with van der Waals surface area (Å²) in [5, 5.41) is 1.96. The predicted molar refractivity (Wildman–Crippen MR) is 116 cm³/mol. The number of carbonyl (C=O) groups is 1. The fourth-order valence-corrected chi connectivity index (χ4v) is 4.45. The Hall–Kier alpha value is -2.58. The van der Waals surface area contributed by atoms with Gasteiger partial charge < -0.3 is 9.15 Å². The number of aromatic nitrogens is 2. The van der Waals surface area contributed by atoms with Gasteiger partial charge in [0, 0.05) is 28.2 Å². The Bertz CT molecular complexity index is 1300. The minimum absolute atomic E-state index is 0.108. The van der Waals surface area contributed by atoms with Gasteiger partial charge in [0.15, 0.2) is 5.16 Å². The van der Waals surface area contributed by atoms with Crippen LogP contribution in [0.15, 0.2) is 61.3 Å². The van der Waals surface area contributed by atoms with E-state index in [1.807, 2.05) is 30.3 Å². The lowest BCUT2D eigenvalue weighted by Gasteiger charge is -2.09. The van der Waals surface area contributed by atoms with Gasteiger partial charge in [-0.3, -0.25) is 9.36 Å². The van der Waals surface area contributed by atoms with Crippen LogP contribution in [0.4, 0.5) is 0 Å². The molecule has 148 valence electrons. The molecular weight excluding hydrogens is 456 g/mol. The van der Waals surface area contributed by atoms with E-state index in [4.69, 9.17) is 9.15 Å². The first-order valence-corrected chi connectivity index (χ1v) is 10.7. The summed E-state index contributed by atoms with van der Waals surface area (Å²) in [7, 11) is 1.69. The summed E-state index contributed by atoms with van der Waals surface area (Å²) in [5.41, 5.74) is 1.85. The first-order chi connectivity index (χ1) is 14.0. The molecule has 0 N–H and O–H groups in total. The molecule has 0 saturated carbocycles. The minimum atomic E-state index is -0.504. The molecule has 0 fully saturated rings. The lowest BCUT2D eigenvalue weighted by molar-refractivity contribution is 0.0491. The maximum atomic E-state index is 12.6. The van der Waals surface area contributed by atoms with E-state index in [0.29, 0.717) is 33.0 Å². The predicted octanol–water partition coefficient (Wildman–Crippen LogP) is 4.91. The highest BCUT2D eigenvalue weighted by Gasteiger charge is 2.22. The number of ether oxygens (including phenoxy) is 1. The van der Waals surface area contributed by atoms with Crippen LogP contribution in [-0.2, 0) is 17.5 Å². The quantitative estimate of drug-likeness (QED) is 0.233. The van der Waals surface area contributed by atoms with Gasteiger partial charge in [-0.25, -0.2) is 9.78 Å². The number of fused-ring (bicyclic) bond motifs is 2. The van der Waals surface area contributed by atoms with Crippen molar-refractivity contribution in [1.82, 2.24) is 9.55 Å². The monoisotopic (exact) mass is 472 g/mol. The Labute approximate surface area is 179 Å². The van der Waals surface area contributed by atoms with Crippen LogP contribution in [0, 0.1) is 0 Å². The van der Waals surface area contributed by atoms with Crippen LogP contribution in [0.5, 0.6) is 0 Å². The van der Waals surface area contributed by atoms with Crippen LogP contribution < -0.4 is 5.56 Å². The number of carbonyl (C=O) groups excluding carboxylic acids is 1. The molecule has 0 bridgehead atoms. The Morgan fingerprint density at radius 1 is 1.24 bits per heavy atom. The van der Waals surface area contributed by atoms with Crippen molar-refractivity contribution in [1.29, 1.82) is 0 Å². The molecule has 0 saturated heterocycles. The number of furan rings is 1. The van der Waals surface area contributed by atoms with E-state index >= 15 is 0 Å². The number of para-hydroxylation sites is 1. The van der Waals surface area contributed by atoms with Crippen LogP contribution in [0.25, 0.3) is 21.9 Å².